The number of carbonyl (C=O) groups is 2. The molecular weight excluding hydrogens is 344 g/mol. The van der Waals surface area contributed by atoms with Crippen LogP contribution in [-0.2, 0) is 16.0 Å². The van der Waals surface area contributed by atoms with Crippen molar-refractivity contribution in [2.75, 3.05) is 13.7 Å². The fraction of sp³-hybridized carbons (Fsp3) is 0.238. The smallest absolute Gasteiger partial charge is 0.319 e. The molecule has 1 heterocycles. The Hall–Kier alpha value is -3.28. The molecule has 0 aliphatic carbocycles. The Morgan fingerprint density at radius 1 is 1.11 bits per heavy atom. The number of benzene rings is 2. The Bertz CT molecular complexity index is 835. The lowest BCUT2D eigenvalue weighted by molar-refractivity contribution is -0.148. The third-order valence-corrected chi connectivity index (χ3v) is 4.48. The van der Waals surface area contributed by atoms with Crippen LogP contribution in [0.4, 0.5) is 4.79 Å². The number of hydrogen-bond acceptors (Lipinski definition) is 4. The molecule has 2 amide bonds. The van der Waals surface area contributed by atoms with Crippen LogP contribution in [0.25, 0.3) is 0 Å². The average Bonchev–Trinajstić information content (AvgIpc) is 2.68. The van der Waals surface area contributed by atoms with E-state index in [1.54, 1.807) is 13.2 Å². The summed E-state index contributed by atoms with van der Waals surface area (Å²) in [6.07, 6.45) is 0.616. The highest BCUT2D eigenvalue weighted by atomic mass is 16.5. The van der Waals surface area contributed by atoms with Crippen LogP contribution in [0, 0.1) is 5.92 Å². The van der Waals surface area contributed by atoms with E-state index in [1.807, 2.05) is 48.5 Å². The number of para-hydroxylation sites is 1. The average molecular weight is 366 g/mol. The molecule has 0 bridgehead atoms. The van der Waals surface area contributed by atoms with Crippen molar-refractivity contribution in [3.05, 3.63) is 78.0 Å². The highest BCUT2D eigenvalue weighted by Gasteiger charge is 2.40. The number of methoxy groups -OCH3 is 1. The van der Waals surface area contributed by atoms with Gasteiger partial charge in [0.1, 0.15) is 11.7 Å². The molecule has 140 valence electrons. The molecule has 6 nitrogen and oxygen atoms in total. The van der Waals surface area contributed by atoms with Crippen molar-refractivity contribution >= 4 is 12.0 Å². The van der Waals surface area contributed by atoms with Crippen molar-refractivity contribution in [3.8, 4) is 5.75 Å². The molecule has 2 aromatic carbocycles. The van der Waals surface area contributed by atoms with Gasteiger partial charge in [0.2, 0.25) is 0 Å². The minimum atomic E-state index is -0.755. The van der Waals surface area contributed by atoms with Crippen LogP contribution in [0.5, 0.6) is 5.75 Å². The number of ether oxygens (including phenoxy) is 2. The molecule has 2 atom stereocenters. The topological polar surface area (TPSA) is 76.7 Å². The minimum Gasteiger partial charge on any atom is -0.496 e. The monoisotopic (exact) mass is 366 g/mol. The van der Waals surface area contributed by atoms with Crippen LogP contribution in [0.3, 0.4) is 0 Å². The van der Waals surface area contributed by atoms with Gasteiger partial charge in [-0.2, -0.15) is 0 Å². The Morgan fingerprint density at radius 3 is 2.56 bits per heavy atom. The SMILES string of the molecule is C=C1NC(=O)NC(c2ccccc2OC)C1C(=O)OCCc1ccccc1. The molecule has 2 aromatic rings. The van der Waals surface area contributed by atoms with Crippen molar-refractivity contribution in [2.24, 2.45) is 5.92 Å². The zero-order valence-corrected chi connectivity index (χ0v) is 15.1. The predicted octanol–water partition coefficient (Wildman–Crippen LogP) is 2.96. The van der Waals surface area contributed by atoms with E-state index in [9.17, 15) is 9.59 Å². The highest BCUT2D eigenvalue weighted by Crippen LogP contribution is 2.35. The molecule has 0 saturated carbocycles. The maximum atomic E-state index is 12.8. The lowest BCUT2D eigenvalue weighted by Gasteiger charge is -2.33. The first-order valence-corrected chi connectivity index (χ1v) is 8.70. The molecule has 0 radical (unpaired) electrons. The van der Waals surface area contributed by atoms with Gasteiger partial charge in [0, 0.05) is 17.7 Å². The molecule has 1 aliphatic rings. The summed E-state index contributed by atoms with van der Waals surface area (Å²) in [6.45, 7) is 4.10. The van der Waals surface area contributed by atoms with Gasteiger partial charge < -0.3 is 20.1 Å². The van der Waals surface area contributed by atoms with E-state index >= 15 is 0 Å². The minimum absolute atomic E-state index is 0.249. The quantitative estimate of drug-likeness (QED) is 0.771. The highest BCUT2D eigenvalue weighted by molar-refractivity contribution is 5.85. The fourth-order valence-electron chi connectivity index (χ4n) is 3.15. The zero-order chi connectivity index (χ0) is 19.2. The molecule has 0 aromatic heterocycles. The van der Waals surface area contributed by atoms with Crippen molar-refractivity contribution < 1.29 is 19.1 Å². The standard InChI is InChI=1S/C21H22N2O4/c1-14-18(20(24)27-13-12-15-8-4-3-5-9-15)19(23-21(25)22-14)16-10-6-7-11-17(16)26-2/h3-11,18-19H,1,12-13H2,2H3,(H2,22,23,25). The molecule has 27 heavy (non-hydrogen) atoms. The Morgan fingerprint density at radius 2 is 1.81 bits per heavy atom. The van der Waals surface area contributed by atoms with E-state index in [1.165, 1.54) is 0 Å². The molecular formula is C21H22N2O4. The summed E-state index contributed by atoms with van der Waals surface area (Å²) in [5.41, 5.74) is 2.08. The normalized spacial score (nSPS) is 19.0. The molecule has 1 fully saturated rings. The van der Waals surface area contributed by atoms with E-state index in [2.05, 4.69) is 17.2 Å². The van der Waals surface area contributed by atoms with E-state index in [0.29, 0.717) is 23.4 Å². The van der Waals surface area contributed by atoms with Crippen molar-refractivity contribution in [1.29, 1.82) is 0 Å². The summed E-state index contributed by atoms with van der Waals surface area (Å²) >= 11 is 0. The second-order valence-electron chi connectivity index (χ2n) is 6.22. The van der Waals surface area contributed by atoms with Gasteiger partial charge in [-0.15, -0.1) is 0 Å². The van der Waals surface area contributed by atoms with Gasteiger partial charge in [0.15, 0.2) is 0 Å². The third kappa shape index (κ3) is 4.28. The first-order valence-electron chi connectivity index (χ1n) is 8.70. The largest absolute Gasteiger partial charge is 0.496 e. The summed E-state index contributed by atoms with van der Waals surface area (Å²) in [5, 5.41) is 5.35. The summed E-state index contributed by atoms with van der Waals surface area (Å²) in [4.78, 5) is 24.7. The fourth-order valence-corrected chi connectivity index (χ4v) is 3.15. The van der Waals surface area contributed by atoms with Gasteiger partial charge in [-0.3, -0.25) is 4.79 Å². The first-order chi connectivity index (χ1) is 13.1. The van der Waals surface area contributed by atoms with Crippen LogP contribution in [0.1, 0.15) is 17.2 Å². The number of nitrogens with one attached hydrogen (secondary N) is 2. The third-order valence-electron chi connectivity index (χ3n) is 4.48. The van der Waals surface area contributed by atoms with Crippen LogP contribution in [0.15, 0.2) is 66.9 Å². The molecule has 1 aliphatic heterocycles. The van der Waals surface area contributed by atoms with Gasteiger partial charge in [0.25, 0.3) is 0 Å². The number of amides is 2. The maximum Gasteiger partial charge on any atom is 0.319 e. The second kappa shape index (κ2) is 8.40. The summed E-state index contributed by atoms with van der Waals surface area (Å²) in [6, 6.07) is 16.0. The second-order valence-corrected chi connectivity index (χ2v) is 6.22. The van der Waals surface area contributed by atoms with E-state index in [-0.39, 0.29) is 6.61 Å². The van der Waals surface area contributed by atoms with Gasteiger partial charge in [-0.05, 0) is 11.6 Å². The Labute approximate surface area is 158 Å². The van der Waals surface area contributed by atoms with Crippen LogP contribution < -0.4 is 15.4 Å². The van der Waals surface area contributed by atoms with Crippen LogP contribution in [-0.4, -0.2) is 25.7 Å². The Kier molecular flexibility index (Phi) is 5.76. The molecule has 0 spiro atoms. The number of hydrogen-bond donors (Lipinski definition) is 2. The lowest BCUT2D eigenvalue weighted by atomic mass is 9.88. The van der Waals surface area contributed by atoms with Gasteiger partial charge >= 0.3 is 12.0 Å². The maximum absolute atomic E-state index is 12.8. The molecule has 6 heteroatoms. The van der Waals surface area contributed by atoms with Gasteiger partial charge in [0.05, 0.1) is 19.8 Å². The van der Waals surface area contributed by atoms with E-state index < -0.39 is 24.0 Å². The molecule has 1 saturated heterocycles. The Balaban J connectivity index is 1.76. The number of urea groups is 1. The molecule has 2 unspecified atom stereocenters. The zero-order valence-electron chi connectivity index (χ0n) is 15.1. The van der Waals surface area contributed by atoms with Crippen molar-refractivity contribution in [3.63, 3.8) is 0 Å². The molecule has 3 rings (SSSR count). The van der Waals surface area contributed by atoms with Crippen LogP contribution >= 0.6 is 0 Å². The predicted molar refractivity (Wildman–Crippen MR) is 101 cm³/mol. The number of rotatable bonds is 6. The summed E-state index contributed by atoms with van der Waals surface area (Å²) in [5.74, 6) is -0.617. The lowest BCUT2D eigenvalue weighted by Crippen LogP contribution is -2.51. The van der Waals surface area contributed by atoms with Gasteiger partial charge in [-0.25, -0.2) is 4.79 Å². The number of carbonyl (C=O) groups excluding carboxylic acids is 2. The van der Waals surface area contributed by atoms with Crippen molar-refractivity contribution in [2.45, 2.75) is 12.5 Å². The van der Waals surface area contributed by atoms with Gasteiger partial charge in [-0.1, -0.05) is 55.1 Å². The van der Waals surface area contributed by atoms with E-state index in [0.717, 1.165) is 5.56 Å². The first kappa shape index (κ1) is 18.5. The van der Waals surface area contributed by atoms with Crippen molar-refractivity contribution in [1.82, 2.24) is 10.6 Å². The van der Waals surface area contributed by atoms with E-state index in [4.69, 9.17) is 9.47 Å². The number of esters is 1. The van der Waals surface area contributed by atoms with Crippen LogP contribution in [0.2, 0.25) is 0 Å². The summed E-state index contributed by atoms with van der Waals surface area (Å²) < 4.78 is 10.9. The summed E-state index contributed by atoms with van der Waals surface area (Å²) in [7, 11) is 1.55. The molecule has 2 N–H and O–H groups in total.